The molecule has 2 aromatic rings. The summed E-state index contributed by atoms with van der Waals surface area (Å²) in [5.74, 6) is -2.31. The van der Waals surface area contributed by atoms with Crippen LogP contribution < -0.4 is 11.1 Å². The normalized spacial score (nSPS) is 17.5. The molecule has 1 aliphatic rings. The van der Waals surface area contributed by atoms with E-state index in [-0.39, 0.29) is 18.5 Å². The zero-order valence-corrected chi connectivity index (χ0v) is 18.3. The van der Waals surface area contributed by atoms with Crippen molar-refractivity contribution in [3.63, 3.8) is 0 Å². The SMILES string of the molecule is CC(C)(C)OC(=O)NCCC1(C(N)=O)c2ccc(C(=O)O)cc2CCc2ccc(F)cc21. The Bertz CT molecular complexity index is 1080. The Morgan fingerprint density at radius 2 is 1.78 bits per heavy atom. The highest BCUT2D eigenvalue weighted by Crippen LogP contribution is 2.42. The number of halogens is 1. The third-order valence-corrected chi connectivity index (χ3v) is 5.60. The number of alkyl carbamates (subject to hydrolysis) is 1. The van der Waals surface area contributed by atoms with Crippen LogP contribution in [0.2, 0.25) is 0 Å². The second-order valence-electron chi connectivity index (χ2n) is 8.93. The lowest BCUT2D eigenvalue weighted by molar-refractivity contribution is -0.122. The summed E-state index contributed by atoms with van der Waals surface area (Å²) < 4.78 is 19.6. The summed E-state index contributed by atoms with van der Waals surface area (Å²) >= 11 is 0. The predicted octanol–water partition coefficient (Wildman–Crippen LogP) is 3.31. The van der Waals surface area contributed by atoms with Crippen molar-refractivity contribution in [1.29, 1.82) is 0 Å². The Kier molecular flexibility index (Phi) is 6.25. The van der Waals surface area contributed by atoms with Crippen LogP contribution in [0.4, 0.5) is 9.18 Å². The van der Waals surface area contributed by atoms with Crippen LogP contribution in [0.15, 0.2) is 36.4 Å². The molecule has 4 N–H and O–H groups in total. The molecule has 0 saturated carbocycles. The first kappa shape index (κ1) is 23.2. The molecule has 0 spiro atoms. The van der Waals surface area contributed by atoms with Gasteiger partial charge in [0.25, 0.3) is 0 Å². The van der Waals surface area contributed by atoms with Crippen LogP contribution in [0.1, 0.15) is 59.8 Å². The number of hydrogen-bond acceptors (Lipinski definition) is 4. The number of benzene rings is 2. The maximum absolute atomic E-state index is 14.3. The number of carbonyl (C=O) groups is 3. The van der Waals surface area contributed by atoms with Gasteiger partial charge in [0.05, 0.1) is 5.56 Å². The first-order valence-electron chi connectivity index (χ1n) is 10.4. The summed E-state index contributed by atoms with van der Waals surface area (Å²) in [7, 11) is 0. The van der Waals surface area contributed by atoms with Gasteiger partial charge >= 0.3 is 12.1 Å². The molecule has 8 heteroatoms. The van der Waals surface area contributed by atoms with E-state index in [1.54, 1.807) is 32.9 Å². The van der Waals surface area contributed by atoms with Gasteiger partial charge in [0, 0.05) is 6.54 Å². The lowest BCUT2D eigenvalue weighted by Gasteiger charge is -2.34. The monoisotopic (exact) mass is 442 g/mol. The number of primary amides is 1. The van der Waals surface area contributed by atoms with Crippen molar-refractivity contribution in [3.8, 4) is 0 Å². The molecule has 2 amide bonds. The largest absolute Gasteiger partial charge is 0.478 e. The van der Waals surface area contributed by atoms with Gasteiger partial charge in [-0.15, -0.1) is 0 Å². The van der Waals surface area contributed by atoms with Crippen LogP contribution in [0.3, 0.4) is 0 Å². The second kappa shape index (κ2) is 8.61. The summed E-state index contributed by atoms with van der Waals surface area (Å²) in [6.07, 6.45) is 0.355. The Morgan fingerprint density at radius 3 is 2.41 bits per heavy atom. The summed E-state index contributed by atoms with van der Waals surface area (Å²) in [5.41, 5.74) is 6.24. The molecule has 0 bridgehead atoms. The van der Waals surface area contributed by atoms with Crippen LogP contribution in [0.5, 0.6) is 0 Å². The third kappa shape index (κ3) is 4.59. The van der Waals surface area contributed by atoms with Crippen molar-refractivity contribution in [2.75, 3.05) is 6.54 Å². The van der Waals surface area contributed by atoms with Crippen molar-refractivity contribution >= 4 is 18.0 Å². The third-order valence-electron chi connectivity index (χ3n) is 5.60. The molecule has 0 aliphatic heterocycles. The fraction of sp³-hybridized carbons (Fsp3) is 0.375. The van der Waals surface area contributed by atoms with Gasteiger partial charge in [-0.05, 0) is 86.6 Å². The average Bonchev–Trinajstić information content (AvgIpc) is 2.81. The standard InChI is InChI=1S/C24H27FN2O5/c1-23(2,3)32-22(31)27-11-10-24(21(26)30)18-9-7-16(20(28)29)12-15(18)5-4-14-6-8-17(25)13-19(14)24/h6-9,12-13H,4-5,10-11H2,1-3H3,(H2,26,30)(H,27,31)(H,28,29). The molecule has 3 rings (SSSR count). The average molecular weight is 442 g/mol. The summed E-state index contributed by atoms with van der Waals surface area (Å²) in [6, 6.07) is 8.74. The number of ether oxygens (including phenoxy) is 1. The summed E-state index contributed by atoms with van der Waals surface area (Å²) in [6.45, 7) is 5.24. The van der Waals surface area contributed by atoms with Crippen molar-refractivity contribution in [2.45, 2.75) is 51.0 Å². The van der Waals surface area contributed by atoms with Gasteiger partial charge in [-0.2, -0.15) is 0 Å². The minimum absolute atomic E-state index is 0.0356. The Labute approximate surface area is 185 Å². The number of amides is 2. The van der Waals surface area contributed by atoms with E-state index in [0.29, 0.717) is 29.5 Å². The van der Waals surface area contributed by atoms with E-state index in [1.165, 1.54) is 24.3 Å². The second-order valence-corrected chi connectivity index (χ2v) is 8.93. The van der Waals surface area contributed by atoms with Crippen molar-refractivity contribution in [2.24, 2.45) is 5.73 Å². The van der Waals surface area contributed by atoms with Crippen LogP contribution >= 0.6 is 0 Å². The molecule has 0 saturated heterocycles. The first-order chi connectivity index (χ1) is 14.9. The summed E-state index contributed by atoms with van der Waals surface area (Å²) in [4.78, 5) is 36.7. The number of nitrogens with one attached hydrogen (secondary N) is 1. The molecule has 0 radical (unpaired) electrons. The molecule has 1 unspecified atom stereocenters. The van der Waals surface area contributed by atoms with E-state index in [0.717, 1.165) is 5.56 Å². The van der Waals surface area contributed by atoms with Crippen molar-refractivity contribution in [1.82, 2.24) is 5.32 Å². The highest BCUT2D eigenvalue weighted by molar-refractivity contribution is 5.93. The molecule has 0 fully saturated rings. The number of nitrogens with two attached hydrogens (primary N) is 1. The quantitative estimate of drug-likeness (QED) is 0.656. The number of aromatic carboxylic acids is 1. The smallest absolute Gasteiger partial charge is 0.407 e. The van der Waals surface area contributed by atoms with Gasteiger partial charge in [-0.3, -0.25) is 4.79 Å². The van der Waals surface area contributed by atoms with Gasteiger partial charge in [0.1, 0.15) is 16.8 Å². The highest BCUT2D eigenvalue weighted by atomic mass is 19.1. The first-order valence-corrected chi connectivity index (χ1v) is 10.4. The van der Waals surface area contributed by atoms with E-state index >= 15 is 0 Å². The molecule has 170 valence electrons. The van der Waals surface area contributed by atoms with E-state index in [2.05, 4.69) is 5.32 Å². The minimum atomic E-state index is -1.45. The Balaban J connectivity index is 2.10. The van der Waals surface area contributed by atoms with Gasteiger partial charge in [-0.1, -0.05) is 12.1 Å². The maximum Gasteiger partial charge on any atom is 0.407 e. The van der Waals surface area contributed by atoms with Crippen LogP contribution in [-0.2, 0) is 27.8 Å². The van der Waals surface area contributed by atoms with E-state index in [1.807, 2.05) is 0 Å². The molecule has 1 aliphatic carbocycles. The number of carboxylic acid groups (broad SMARTS) is 1. The van der Waals surface area contributed by atoms with Crippen LogP contribution in [0.25, 0.3) is 0 Å². The molecule has 2 aromatic carbocycles. The van der Waals surface area contributed by atoms with Crippen LogP contribution in [-0.4, -0.2) is 35.2 Å². The predicted molar refractivity (Wildman–Crippen MR) is 116 cm³/mol. The van der Waals surface area contributed by atoms with Crippen molar-refractivity contribution < 1.29 is 28.6 Å². The Morgan fingerprint density at radius 1 is 1.09 bits per heavy atom. The number of rotatable bonds is 5. The fourth-order valence-corrected chi connectivity index (χ4v) is 4.25. The number of carbonyl (C=O) groups excluding carboxylic acids is 2. The zero-order valence-electron chi connectivity index (χ0n) is 18.3. The van der Waals surface area contributed by atoms with E-state index < -0.39 is 34.8 Å². The number of carboxylic acids is 1. The molecular formula is C24H27FN2O5. The maximum atomic E-state index is 14.3. The van der Waals surface area contributed by atoms with Gasteiger partial charge in [0.15, 0.2) is 0 Å². The number of aryl methyl sites for hydroxylation is 2. The lowest BCUT2D eigenvalue weighted by Crippen LogP contribution is -2.46. The van der Waals surface area contributed by atoms with Crippen LogP contribution in [0, 0.1) is 5.82 Å². The molecule has 32 heavy (non-hydrogen) atoms. The van der Waals surface area contributed by atoms with E-state index in [4.69, 9.17) is 10.5 Å². The van der Waals surface area contributed by atoms with E-state index in [9.17, 15) is 23.9 Å². The lowest BCUT2D eigenvalue weighted by atomic mass is 9.69. The molecule has 0 heterocycles. The molecular weight excluding hydrogens is 415 g/mol. The minimum Gasteiger partial charge on any atom is -0.478 e. The summed E-state index contributed by atoms with van der Waals surface area (Å²) in [5, 5.41) is 12.0. The van der Waals surface area contributed by atoms with Gasteiger partial charge in [0.2, 0.25) is 5.91 Å². The molecule has 7 nitrogen and oxygen atoms in total. The topological polar surface area (TPSA) is 119 Å². The highest BCUT2D eigenvalue weighted by Gasteiger charge is 2.44. The zero-order chi connectivity index (χ0) is 23.7. The molecule has 1 atom stereocenters. The van der Waals surface area contributed by atoms with Crippen molar-refractivity contribution in [3.05, 3.63) is 70.0 Å². The van der Waals surface area contributed by atoms with Gasteiger partial charge in [-0.25, -0.2) is 14.0 Å². The number of fused-ring (bicyclic) bond motifs is 2. The number of hydrogen-bond donors (Lipinski definition) is 3. The van der Waals surface area contributed by atoms with Gasteiger partial charge < -0.3 is 20.9 Å². The molecule has 0 aromatic heterocycles. The Hall–Kier alpha value is -3.42. The fourth-order valence-electron chi connectivity index (χ4n) is 4.25.